The predicted molar refractivity (Wildman–Crippen MR) is 91.6 cm³/mol. The molecule has 15 heteroatoms. The van der Waals surface area contributed by atoms with Crippen LogP contribution in [0.2, 0.25) is 0 Å². The number of thioether (sulfide) groups is 1. The second-order valence-corrected chi connectivity index (χ2v) is 7.45. The van der Waals surface area contributed by atoms with Crippen LogP contribution in [0.1, 0.15) is 5.56 Å². The topological polar surface area (TPSA) is 39.3 Å². The van der Waals surface area contributed by atoms with Crippen LogP contribution < -0.4 is 9.78 Å². The Hall–Kier alpha value is -2.58. The van der Waals surface area contributed by atoms with Crippen LogP contribution in [0.25, 0.3) is 0 Å². The number of hydrogen-bond acceptors (Lipinski definition) is 3. The lowest BCUT2D eigenvalue weighted by molar-refractivity contribution is -0.681. The zero-order valence-corrected chi connectivity index (χ0v) is 16.6. The van der Waals surface area contributed by atoms with Crippen molar-refractivity contribution < 1.29 is 58.1 Å². The molecule has 1 aromatic heterocycles. The third kappa shape index (κ3) is 5.17. The van der Waals surface area contributed by atoms with Crippen molar-refractivity contribution in [3.05, 3.63) is 60.4 Å². The number of pyridine rings is 1. The molecule has 33 heavy (non-hydrogen) atoms. The van der Waals surface area contributed by atoms with Gasteiger partial charge in [-0.2, -0.15) is 48.3 Å². The van der Waals surface area contributed by atoms with Gasteiger partial charge >= 0.3 is 29.9 Å². The molecule has 1 heterocycles. The van der Waals surface area contributed by atoms with E-state index in [4.69, 9.17) is 0 Å². The number of benzene rings is 1. The zero-order valence-electron chi connectivity index (χ0n) is 15.8. The first-order valence-electron chi connectivity index (χ1n) is 8.47. The summed E-state index contributed by atoms with van der Waals surface area (Å²) in [6.07, 6.45) is -4.36. The van der Waals surface area contributed by atoms with Crippen LogP contribution >= 0.6 is 11.8 Å². The molecule has 182 valence electrons. The van der Waals surface area contributed by atoms with Gasteiger partial charge in [0.25, 0.3) is 0 Å². The minimum atomic E-state index is -7.44. The Morgan fingerprint density at radius 3 is 1.76 bits per heavy atom. The van der Waals surface area contributed by atoms with Gasteiger partial charge in [-0.25, -0.2) is 0 Å². The highest BCUT2D eigenvalue weighted by Gasteiger charge is 2.86. The molecule has 0 aliphatic rings. The Morgan fingerprint density at radius 2 is 1.27 bits per heavy atom. The largest absolute Gasteiger partial charge is 0.854 e. The lowest BCUT2D eigenvalue weighted by Crippen LogP contribution is -2.66. The predicted octanol–water partition coefficient (Wildman–Crippen LogP) is 4.74. The first-order valence-corrected chi connectivity index (χ1v) is 9.46. The SMILES string of the molecule is [O-]/C(=N\[n+]1ccccc1)c1ccc(SCC(F)(F)C(F)(F)C(F)(F)C(F)(F)C(F)(F)F)cc1. The third-order valence-corrected chi connectivity index (χ3v) is 5.14. The Labute approximate surface area is 182 Å². The van der Waals surface area contributed by atoms with Crippen molar-refractivity contribution in [1.29, 1.82) is 0 Å². The fraction of sp³-hybridized carbons (Fsp3) is 0.333. The first-order chi connectivity index (χ1) is 14.9. The lowest BCUT2D eigenvalue weighted by Gasteiger charge is -2.37. The Kier molecular flexibility index (Phi) is 7.26. The molecule has 0 saturated carbocycles. The Bertz CT molecular complexity index is 977. The quantitative estimate of drug-likeness (QED) is 0.169. The van der Waals surface area contributed by atoms with Crippen molar-refractivity contribution in [2.24, 2.45) is 5.10 Å². The van der Waals surface area contributed by atoms with Gasteiger partial charge in [0.1, 0.15) is 0 Å². The molecule has 1 aromatic carbocycles. The van der Waals surface area contributed by atoms with E-state index >= 15 is 0 Å². The molecule has 0 aliphatic heterocycles. The minimum absolute atomic E-state index is 0.0795. The van der Waals surface area contributed by atoms with E-state index in [1.165, 1.54) is 12.4 Å². The van der Waals surface area contributed by atoms with E-state index in [1.807, 2.05) is 0 Å². The fourth-order valence-electron chi connectivity index (χ4n) is 2.18. The van der Waals surface area contributed by atoms with Gasteiger partial charge < -0.3 is 5.11 Å². The van der Waals surface area contributed by atoms with Gasteiger partial charge in [0.2, 0.25) is 12.4 Å². The van der Waals surface area contributed by atoms with Crippen LogP contribution in [0.5, 0.6) is 0 Å². The average Bonchev–Trinajstić information content (AvgIpc) is 2.72. The smallest absolute Gasteiger partial charge is 0.460 e. The Morgan fingerprint density at radius 1 is 0.758 bits per heavy atom. The highest BCUT2D eigenvalue weighted by atomic mass is 32.2. The van der Waals surface area contributed by atoms with Crippen molar-refractivity contribution >= 4 is 17.7 Å². The molecule has 3 nitrogen and oxygen atoms in total. The first kappa shape index (κ1) is 26.7. The molecular formula is C18H11F11N2OS. The van der Waals surface area contributed by atoms with Crippen molar-refractivity contribution in [2.45, 2.75) is 34.8 Å². The maximum absolute atomic E-state index is 13.7. The van der Waals surface area contributed by atoms with E-state index in [0.717, 1.165) is 28.9 Å². The average molecular weight is 512 g/mol. The highest BCUT2D eigenvalue weighted by Crippen LogP contribution is 2.57. The van der Waals surface area contributed by atoms with Gasteiger partial charge in [0, 0.05) is 17.0 Å². The van der Waals surface area contributed by atoms with Gasteiger partial charge in [-0.3, -0.25) is 0 Å². The van der Waals surface area contributed by atoms with Crippen molar-refractivity contribution in [2.75, 3.05) is 5.75 Å². The molecule has 0 spiro atoms. The van der Waals surface area contributed by atoms with Crippen molar-refractivity contribution in [3.63, 3.8) is 0 Å². The third-order valence-electron chi connectivity index (χ3n) is 4.03. The zero-order chi connectivity index (χ0) is 25.3. The fourth-order valence-corrected chi connectivity index (χ4v) is 3.04. The van der Waals surface area contributed by atoms with Crippen molar-refractivity contribution in [1.82, 2.24) is 0 Å². The van der Waals surface area contributed by atoms with E-state index in [9.17, 15) is 53.4 Å². The van der Waals surface area contributed by atoms with Crippen LogP contribution in [0, 0.1) is 0 Å². The number of rotatable bonds is 8. The molecule has 0 amide bonds. The van der Waals surface area contributed by atoms with Crippen LogP contribution in [-0.2, 0) is 0 Å². The summed E-state index contributed by atoms with van der Waals surface area (Å²) in [5.41, 5.74) is -0.0795. The van der Waals surface area contributed by atoms with Crippen LogP contribution in [0.15, 0.2) is 64.9 Å². The van der Waals surface area contributed by atoms with E-state index < -0.39 is 41.5 Å². The number of hydrogen-bond donors (Lipinski definition) is 0. The van der Waals surface area contributed by atoms with Gasteiger partial charge in [0.05, 0.1) is 11.7 Å². The number of nitrogens with zero attached hydrogens (tertiary/aromatic N) is 2. The molecule has 2 aromatic rings. The summed E-state index contributed by atoms with van der Waals surface area (Å²) in [6.45, 7) is 0. The van der Waals surface area contributed by atoms with Gasteiger partial charge in [-0.05, 0) is 22.8 Å². The van der Waals surface area contributed by atoms with E-state index in [1.54, 1.807) is 18.2 Å². The maximum atomic E-state index is 13.7. The number of halogens is 11. The monoisotopic (exact) mass is 512 g/mol. The molecule has 0 saturated heterocycles. The van der Waals surface area contributed by atoms with E-state index in [-0.39, 0.29) is 22.2 Å². The molecule has 0 aliphatic carbocycles. The minimum Gasteiger partial charge on any atom is -0.854 e. The summed E-state index contributed by atoms with van der Waals surface area (Å²) in [4.78, 5) is -0.291. The lowest BCUT2D eigenvalue weighted by atomic mass is 9.99. The van der Waals surface area contributed by atoms with Crippen LogP contribution in [0.4, 0.5) is 48.3 Å². The van der Waals surface area contributed by atoms with Gasteiger partial charge in [0.15, 0.2) is 0 Å². The molecule has 0 N–H and O–H groups in total. The highest BCUT2D eigenvalue weighted by molar-refractivity contribution is 7.99. The normalized spacial score (nSPS) is 14.5. The van der Waals surface area contributed by atoms with Crippen molar-refractivity contribution in [3.8, 4) is 0 Å². The summed E-state index contributed by atoms with van der Waals surface area (Å²) in [5, 5.41) is 15.7. The molecule has 0 radical (unpaired) electrons. The molecule has 0 fully saturated rings. The molecular weight excluding hydrogens is 501 g/mol. The summed E-state index contributed by atoms with van der Waals surface area (Å²) in [7, 11) is 0. The van der Waals surface area contributed by atoms with Gasteiger partial charge in [-0.15, -0.1) is 11.8 Å². The summed E-state index contributed by atoms with van der Waals surface area (Å²) in [5.74, 6) is -30.9. The van der Waals surface area contributed by atoms with Gasteiger partial charge in [-0.1, -0.05) is 22.9 Å². The molecule has 0 bridgehead atoms. The molecule has 2 rings (SSSR count). The number of alkyl halides is 11. The molecule has 0 unspecified atom stereocenters. The second-order valence-electron chi connectivity index (χ2n) is 6.40. The molecule has 0 atom stereocenters. The van der Waals surface area contributed by atoms with E-state index in [0.29, 0.717) is 0 Å². The van der Waals surface area contributed by atoms with E-state index in [2.05, 4.69) is 5.10 Å². The number of aromatic nitrogens is 1. The Balaban J connectivity index is 2.17. The maximum Gasteiger partial charge on any atom is 0.460 e. The van der Waals surface area contributed by atoms with Crippen LogP contribution in [-0.4, -0.2) is 41.5 Å². The second kappa shape index (κ2) is 8.99. The van der Waals surface area contributed by atoms with Crippen LogP contribution in [0.3, 0.4) is 0 Å². The standard InChI is InChI=1S/C18H11F11N2OS/c19-14(20,15(21,22)16(23,24)17(25,26)18(27,28)29)10-33-12-6-4-11(5-7-12)13(32)30-31-8-2-1-3-9-31/h1-9H,10H2. The summed E-state index contributed by atoms with van der Waals surface area (Å²) >= 11 is -0.224. The summed E-state index contributed by atoms with van der Waals surface area (Å²) in [6, 6.07) is 8.70. The summed E-state index contributed by atoms with van der Waals surface area (Å²) < 4.78 is 144.